The van der Waals surface area contributed by atoms with Crippen molar-refractivity contribution in [2.45, 2.75) is 26.5 Å². The summed E-state index contributed by atoms with van der Waals surface area (Å²) in [5.74, 6) is 0.503. The Morgan fingerprint density at radius 3 is 2.89 bits per heavy atom. The fourth-order valence-corrected chi connectivity index (χ4v) is 1.81. The molecule has 2 aromatic rings. The molecule has 6 nitrogen and oxygen atoms in total. The molecule has 0 amide bonds. The highest BCUT2D eigenvalue weighted by Gasteiger charge is 2.06. The topological polar surface area (TPSA) is 90.9 Å². The third-order valence-corrected chi connectivity index (χ3v) is 2.76. The summed E-state index contributed by atoms with van der Waals surface area (Å²) in [7, 11) is 0. The third kappa shape index (κ3) is 3.38. The first-order chi connectivity index (χ1) is 9.06. The molecule has 2 rings (SSSR count). The van der Waals surface area contributed by atoms with Crippen LogP contribution in [0.15, 0.2) is 29.3 Å². The van der Waals surface area contributed by atoms with Crippen molar-refractivity contribution in [2.24, 2.45) is 0 Å². The summed E-state index contributed by atoms with van der Waals surface area (Å²) in [6.45, 7) is 4.04. The molecule has 0 radical (unpaired) electrons. The van der Waals surface area contributed by atoms with Crippen molar-refractivity contribution in [3.05, 3.63) is 51.8 Å². The normalized spacial score (nSPS) is 12.2. The third-order valence-electron chi connectivity index (χ3n) is 2.76. The van der Waals surface area contributed by atoms with Gasteiger partial charge in [0.25, 0.3) is 5.56 Å². The van der Waals surface area contributed by atoms with Crippen molar-refractivity contribution in [3.8, 4) is 0 Å². The number of hydrogen-bond donors (Lipinski definition) is 3. The second-order valence-corrected chi connectivity index (χ2v) is 4.30. The van der Waals surface area contributed by atoms with E-state index in [0.29, 0.717) is 12.4 Å². The first-order valence-electron chi connectivity index (χ1n) is 5.99. The summed E-state index contributed by atoms with van der Waals surface area (Å²) in [4.78, 5) is 21.9. The van der Waals surface area contributed by atoms with Crippen LogP contribution in [0.2, 0.25) is 0 Å². The van der Waals surface area contributed by atoms with Gasteiger partial charge in [-0.15, -0.1) is 0 Å². The van der Waals surface area contributed by atoms with Gasteiger partial charge in [-0.25, -0.2) is 4.98 Å². The Balaban J connectivity index is 2.08. The number of nitrogens with zero attached hydrogens (tertiary/aromatic N) is 2. The summed E-state index contributed by atoms with van der Waals surface area (Å²) in [6.07, 6.45) is 0.823. The molecule has 0 saturated carbocycles. The van der Waals surface area contributed by atoms with Crippen LogP contribution in [0.25, 0.3) is 0 Å². The van der Waals surface area contributed by atoms with Crippen LogP contribution in [-0.4, -0.2) is 20.1 Å². The quantitative estimate of drug-likeness (QED) is 0.766. The summed E-state index contributed by atoms with van der Waals surface area (Å²) < 4.78 is 0. The zero-order valence-corrected chi connectivity index (χ0v) is 10.8. The van der Waals surface area contributed by atoms with E-state index in [1.165, 1.54) is 12.4 Å². The molecule has 3 N–H and O–H groups in total. The molecule has 0 aliphatic rings. The Labute approximate surface area is 110 Å². The number of H-pyrrole nitrogens is 1. The lowest BCUT2D eigenvalue weighted by atomic mass is 10.1. The molecule has 0 bridgehead atoms. The van der Waals surface area contributed by atoms with Crippen LogP contribution in [0.5, 0.6) is 0 Å². The van der Waals surface area contributed by atoms with E-state index >= 15 is 0 Å². The lowest BCUT2D eigenvalue weighted by Crippen LogP contribution is -2.10. The number of aryl methyl sites for hydroxylation is 1. The highest BCUT2D eigenvalue weighted by Crippen LogP contribution is 2.15. The van der Waals surface area contributed by atoms with Gasteiger partial charge in [-0.05, 0) is 19.9 Å². The standard InChI is InChI=1S/C13H16N4O2/c1-8-11(9(2)18)4-3-10(17-8)6-14-12-5-13(19)16-7-15-12/h3-5,7,9,18H,6H2,1-2H3,(H2,14,15,16,19). The highest BCUT2D eigenvalue weighted by atomic mass is 16.3. The average molecular weight is 260 g/mol. The first-order valence-corrected chi connectivity index (χ1v) is 5.99. The van der Waals surface area contributed by atoms with Crippen molar-refractivity contribution >= 4 is 5.82 Å². The molecule has 6 heteroatoms. The van der Waals surface area contributed by atoms with Crippen molar-refractivity contribution in [1.82, 2.24) is 15.0 Å². The fraction of sp³-hybridized carbons (Fsp3) is 0.308. The number of aliphatic hydroxyl groups is 1. The molecule has 0 spiro atoms. The van der Waals surface area contributed by atoms with E-state index in [-0.39, 0.29) is 5.56 Å². The molecule has 0 aromatic carbocycles. The number of nitrogens with one attached hydrogen (secondary N) is 2. The van der Waals surface area contributed by atoms with E-state index in [2.05, 4.69) is 20.3 Å². The Morgan fingerprint density at radius 2 is 2.26 bits per heavy atom. The van der Waals surface area contributed by atoms with Crippen LogP contribution in [0.4, 0.5) is 5.82 Å². The zero-order valence-electron chi connectivity index (χ0n) is 10.8. The molecule has 0 aliphatic heterocycles. The van der Waals surface area contributed by atoms with Gasteiger partial charge < -0.3 is 15.4 Å². The van der Waals surface area contributed by atoms with Crippen molar-refractivity contribution in [1.29, 1.82) is 0 Å². The van der Waals surface area contributed by atoms with Gasteiger partial charge in [0.15, 0.2) is 0 Å². The first kappa shape index (κ1) is 13.2. The van der Waals surface area contributed by atoms with Gasteiger partial charge in [0.1, 0.15) is 5.82 Å². The molecule has 19 heavy (non-hydrogen) atoms. The van der Waals surface area contributed by atoms with Crippen LogP contribution < -0.4 is 10.9 Å². The molecular formula is C13H16N4O2. The van der Waals surface area contributed by atoms with E-state index in [9.17, 15) is 9.90 Å². The molecule has 0 aliphatic carbocycles. The van der Waals surface area contributed by atoms with Gasteiger partial charge in [0.2, 0.25) is 0 Å². The van der Waals surface area contributed by atoms with Gasteiger partial charge in [0.05, 0.1) is 24.7 Å². The van der Waals surface area contributed by atoms with Crippen LogP contribution in [0.3, 0.4) is 0 Å². The minimum absolute atomic E-state index is 0.203. The molecule has 1 unspecified atom stereocenters. The van der Waals surface area contributed by atoms with Crippen molar-refractivity contribution in [2.75, 3.05) is 5.32 Å². The predicted molar refractivity (Wildman–Crippen MR) is 71.8 cm³/mol. The van der Waals surface area contributed by atoms with Gasteiger partial charge in [-0.2, -0.15) is 0 Å². The Kier molecular flexibility index (Phi) is 3.91. The van der Waals surface area contributed by atoms with E-state index in [1.54, 1.807) is 6.92 Å². The smallest absolute Gasteiger partial charge is 0.252 e. The maximum atomic E-state index is 11.1. The van der Waals surface area contributed by atoms with E-state index in [4.69, 9.17) is 0 Å². The Bertz CT molecular complexity index is 622. The van der Waals surface area contributed by atoms with E-state index in [0.717, 1.165) is 17.0 Å². The molecule has 2 heterocycles. The SMILES string of the molecule is Cc1nc(CNc2cc(=O)[nH]cn2)ccc1C(C)O. The summed E-state index contributed by atoms with van der Waals surface area (Å²) in [5, 5.41) is 12.6. The molecule has 1 atom stereocenters. The Morgan fingerprint density at radius 1 is 1.47 bits per heavy atom. The summed E-state index contributed by atoms with van der Waals surface area (Å²) in [6, 6.07) is 5.08. The second kappa shape index (κ2) is 5.62. The average Bonchev–Trinajstić information content (AvgIpc) is 2.36. The minimum atomic E-state index is -0.524. The highest BCUT2D eigenvalue weighted by molar-refractivity contribution is 5.33. The second-order valence-electron chi connectivity index (χ2n) is 4.30. The number of aromatic amines is 1. The summed E-state index contributed by atoms with van der Waals surface area (Å²) >= 11 is 0. The predicted octanol–water partition coefficient (Wildman–Crippen LogP) is 1.14. The van der Waals surface area contributed by atoms with Crippen molar-refractivity contribution < 1.29 is 5.11 Å². The molecule has 100 valence electrons. The van der Waals surface area contributed by atoms with Crippen LogP contribution in [0.1, 0.15) is 30.0 Å². The van der Waals surface area contributed by atoms with Gasteiger partial charge >= 0.3 is 0 Å². The monoisotopic (exact) mass is 260 g/mol. The number of rotatable bonds is 4. The molecular weight excluding hydrogens is 244 g/mol. The number of aliphatic hydroxyl groups excluding tert-OH is 1. The molecule has 2 aromatic heterocycles. The maximum absolute atomic E-state index is 11.1. The van der Waals surface area contributed by atoms with Crippen molar-refractivity contribution in [3.63, 3.8) is 0 Å². The number of hydrogen-bond acceptors (Lipinski definition) is 5. The van der Waals surface area contributed by atoms with Crippen LogP contribution in [-0.2, 0) is 6.54 Å². The van der Waals surface area contributed by atoms with Gasteiger partial charge in [0, 0.05) is 17.3 Å². The number of aromatic nitrogens is 3. The lowest BCUT2D eigenvalue weighted by molar-refractivity contribution is 0.198. The zero-order chi connectivity index (χ0) is 13.8. The minimum Gasteiger partial charge on any atom is -0.389 e. The van der Waals surface area contributed by atoms with E-state index < -0.39 is 6.10 Å². The molecule has 0 saturated heterocycles. The van der Waals surface area contributed by atoms with Gasteiger partial charge in [-0.1, -0.05) is 6.07 Å². The summed E-state index contributed by atoms with van der Waals surface area (Å²) in [5.41, 5.74) is 2.24. The van der Waals surface area contributed by atoms with Gasteiger partial charge in [-0.3, -0.25) is 9.78 Å². The number of pyridine rings is 1. The van der Waals surface area contributed by atoms with Crippen LogP contribution >= 0.6 is 0 Å². The Hall–Kier alpha value is -2.21. The lowest BCUT2D eigenvalue weighted by Gasteiger charge is -2.10. The molecule has 0 fully saturated rings. The fourth-order valence-electron chi connectivity index (χ4n) is 1.81. The largest absolute Gasteiger partial charge is 0.389 e. The van der Waals surface area contributed by atoms with Crippen LogP contribution in [0, 0.1) is 6.92 Å². The van der Waals surface area contributed by atoms with E-state index in [1.807, 2.05) is 19.1 Å². The maximum Gasteiger partial charge on any atom is 0.252 e. The number of anilines is 1.